The van der Waals surface area contributed by atoms with Gasteiger partial charge in [0.1, 0.15) is 5.65 Å². The zero-order valence-corrected chi connectivity index (χ0v) is 11.1. The van der Waals surface area contributed by atoms with Crippen molar-refractivity contribution >= 4 is 16.7 Å². The third kappa shape index (κ3) is 2.14. The molecule has 2 aromatic rings. The normalized spacial score (nSPS) is 12.9. The van der Waals surface area contributed by atoms with Gasteiger partial charge in [0.25, 0.3) is 0 Å². The van der Waals surface area contributed by atoms with Crippen molar-refractivity contribution in [2.24, 2.45) is 0 Å². The smallest absolute Gasteiger partial charge is 0.137 e. The van der Waals surface area contributed by atoms with Crippen molar-refractivity contribution in [3.8, 4) is 0 Å². The summed E-state index contributed by atoms with van der Waals surface area (Å²) < 4.78 is 0. The van der Waals surface area contributed by atoms with E-state index in [4.69, 9.17) is 0 Å². The Hall–Kier alpha value is -1.51. The van der Waals surface area contributed by atoms with Gasteiger partial charge in [-0.3, -0.25) is 0 Å². The average Bonchev–Trinajstić information content (AvgIpc) is 2.72. The van der Waals surface area contributed by atoms with Crippen LogP contribution in [0.2, 0.25) is 0 Å². The fourth-order valence-electron chi connectivity index (χ4n) is 2.25. The summed E-state index contributed by atoms with van der Waals surface area (Å²) in [4.78, 5) is 10.1. The highest BCUT2D eigenvalue weighted by Crippen LogP contribution is 2.24. The van der Waals surface area contributed by atoms with Crippen molar-refractivity contribution in [2.45, 2.75) is 40.2 Å². The Labute approximate surface area is 103 Å². The van der Waals surface area contributed by atoms with Crippen LogP contribution in [0, 0.1) is 6.92 Å². The molecule has 2 aromatic heterocycles. The lowest BCUT2D eigenvalue weighted by Gasteiger charge is -2.29. The average molecular weight is 231 g/mol. The number of aryl methyl sites for hydroxylation is 1. The number of anilines is 1. The van der Waals surface area contributed by atoms with Gasteiger partial charge in [0.05, 0.1) is 11.9 Å². The molecule has 0 saturated carbocycles. The number of pyridine rings is 1. The van der Waals surface area contributed by atoms with E-state index in [-0.39, 0.29) is 0 Å². The molecule has 0 aliphatic carbocycles. The predicted octanol–water partition coefficient (Wildman–Crippen LogP) is 3.50. The SMILES string of the molecule is CCC(C)N(CC)c1cnc2[nH]cc(C)c2c1. The Balaban J connectivity index is 2.43. The molecule has 0 spiro atoms. The van der Waals surface area contributed by atoms with Crippen molar-refractivity contribution in [3.05, 3.63) is 24.0 Å². The maximum Gasteiger partial charge on any atom is 0.137 e. The topological polar surface area (TPSA) is 31.9 Å². The molecule has 0 saturated heterocycles. The molecule has 17 heavy (non-hydrogen) atoms. The zero-order valence-electron chi connectivity index (χ0n) is 11.1. The number of hydrogen-bond acceptors (Lipinski definition) is 2. The number of nitrogens with one attached hydrogen (secondary N) is 1. The zero-order chi connectivity index (χ0) is 12.4. The summed E-state index contributed by atoms with van der Waals surface area (Å²) in [7, 11) is 0. The van der Waals surface area contributed by atoms with E-state index in [1.165, 1.54) is 16.6 Å². The van der Waals surface area contributed by atoms with Crippen LogP contribution in [0.1, 0.15) is 32.8 Å². The van der Waals surface area contributed by atoms with Gasteiger partial charge >= 0.3 is 0 Å². The van der Waals surface area contributed by atoms with Gasteiger partial charge in [-0.2, -0.15) is 0 Å². The first-order chi connectivity index (χ1) is 8.17. The second-order valence-electron chi connectivity index (χ2n) is 4.60. The van der Waals surface area contributed by atoms with E-state index in [0.717, 1.165) is 18.6 Å². The Morgan fingerprint density at radius 2 is 2.18 bits per heavy atom. The second-order valence-corrected chi connectivity index (χ2v) is 4.60. The summed E-state index contributed by atoms with van der Waals surface area (Å²) in [5.74, 6) is 0. The molecule has 2 rings (SSSR count). The minimum Gasteiger partial charge on any atom is -0.368 e. The highest BCUT2D eigenvalue weighted by atomic mass is 15.2. The van der Waals surface area contributed by atoms with Crippen LogP contribution in [0.5, 0.6) is 0 Å². The molecule has 0 aliphatic rings. The number of rotatable bonds is 4. The molecule has 1 atom stereocenters. The van der Waals surface area contributed by atoms with Crippen LogP contribution in [0.15, 0.2) is 18.5 Å². The molecule has 0 aliphatic heterocycles. The number of H-pyrrole nitrogens is 1. The highest BCUT2D eigenvalue weighted by molar-refractivity contribution is 5.82. The van der Waals surface area contributed by atoms with Crippen molar-refractivity contribution in [2.75, 3.05) is 11.4 Å². The Bertz CT molecular complexity index is 501. The van der Waals surface area contributed by atoms with Gasteiger partial charge in [-0.05, 0) is 38.8 Å². The quantitative estimate of drug-likeness (QED) is 0.873. The van der Waals surface area contributed by atoms with E-state index >= 15 is 0 Å². The van der Waals surface area contributed by atoms with Gasteiger partial charge < -0.3 is 9.88 Å². The summed E-state index contributed by atoms with van der Waals surface area (Å²) in [6, 6.07) is 2.79. The number of hydrogen-bond donors (Lipinski definition) is 1. The number of aromatic amines is 1. The summed E-state index contributed by atoms with van der Waals surface area (Å²) in [5, 5.41) is 1.23. The van der Waals surface area contributed by atoms with Crippen LogP contribution in [0.4, 0.5) is 5.69 Å². The van der Waals surface area contributed by atoms with Crippen molar-refractivity contribution in [1.29, 1.82) is 0 Å². The first-order valence-corrected chi connectivity index (χ1v) is 6.37. The minimum atomic E-state index is 0.554. The van der Waals surface area contributed by atoms with Crippen LogP contribution in [0.25, 0.3) is 11.0 Å². The highest BCUT2D eigenvalue weighted by Gasteiger charge is 2.12. The van der Waals surface area contributed by atoms with Crippen LogP contribution in [-0.2, 0) is 0 Å². The molecule has 0 amide bonds. The summed E-state index contributed by atoms with van der Waals surface area (Å²) in [5.41, 5.74) is 3.46. The third-order valence-electron chi connectivity index (χ3n) is 3.52. The first kappa shape index (κ1) is 12.0. The molecular formula is C14H21N3. The lowest BCUT2D eigenvalue weighted by atomic mass is 10.1. The number of fused-ring (bicyclic) bond motifs is 1. The van der Waals surface area contributed by atoms with Crippen LogP contribution >= 0.6 is 0 Å². The van der Waals surface area contributed by atoms with Crippen molar-refractivity contribution < 1.29 is 0 Å². The maximum absolute atomic E-state index is 4.49. The van der Waals surface area contributed by atoms with Crippen molar-refractivity contribution in [3.63, 3.8) is 0 Å². The van der Waals surface area contributed by atoms with Gasteiger partial charge in [-0.25, -0.2) is 4.98 Å². The summed E-state index contributed by atoms with van der Waals surface area (Å²) in [6.07, 6.45) is 5.13. The largest absolute Gasteiger partial charge is 0.368 e. The monoisotopic (exact) mass is 231 g/mol. The van der Waals surface area contributed by atoms with E-state index in [0.29, 0.717) is 6.04 Å². The van der Waals surface area contributed by atoms with E-state index in [1.54, 1.807) is 0 Å². The molecule has 0 bridgehead atoms. The molecule has 1 N–H and O–H groups in total. The molecule has 2 heterocycles. The molecule has 0 fully saturated rings. The third-order valence-corrected chi connectivity index (χ3v) is 3.52. The minimum absolute atomic E-state index is 0.554. The number of aromatic nitrogens is 2. The molecule has 1 unspecified atom stereocenters. The second kappa shape index (κ2) is 4.78. The van der Waals surface area contributed by atoms with E-state index < -0.39 is 0 Å². The lowest BCUT2D eigenvalue weighted by Crippen LogP contribution is -2.32. The van der Waals surface area contributed by atoms with E-state index in [2.05, 4.69) is 48.6 Å². The van der Waals surface area contributed by atoms with Gasteiger partial charge in [-0.15, -0.1) is 0 Å². The molecule has 0 radical (unpaired) electrons. The van der Waals surface area contributed by atoms with Crippen molar-refractivity contribution in [1.82, 2.24) is 9.97 Å². The van der Waals surface area contributed by atoms with Gasteiger partial charge in [0, 0.05) is 24.2 Å². The Morgan fingerprint density at radius 3 is 2.82 bits per heavy atom. The molecule has 0 aromatic carbocycles. The van der Waals surface area contributed by atoms with Crippen LogP contribution in [-0.4, -0.2) is 22.6 Å². The molecule has 3 heteroatoms. The standard InChI is InChI=1S/C14H21N3/c1-5-11(4)17(6-2)12-7-13-10(3)8-15-14(13)16-9-12/h7-9,11H,5-6H2,1-4H3,(H,15,16). The van der Waals surface area contributed by atoms with Crippen LogP contribution < -0.4 is 4.90 Å². The fraction of sp³-hybridized carbons (Fsp3) is 0.500. The summed E-state index contributed by atoms with van der Waals surface area (Å²) in [6.45, 7) is 9.81. The van der Waals surface area contributed by atoms with E-state index in [9.17, 15) is 0 Å². The molecular weight excluding hydrogens is 210 g/mol. The Morgan fingerprint density at radius 1 is 1.41 bits per heavy atom. The van der Waals surface area contributed by atoms with E-state index in [1.807, 2.05) is 12.4 Å². The first-order valence-electron chi connectivity index (χ1n) is 6.37. The molecule has 92 valence electrons. The lowest BCUT2D eigenvalue weighted by molar-refractivity contribution is 0.629. The Kier molecular flexibility index (Phi) is 3.36. The predicted molar refractivity (Wildman–Crippen MR) is 73.6 cm³/mol. The fourth-order valence-corrected chi connectivity index (χ4v) is 2.25. The van der Waals surface area contributed by atoms with Crippen LogP contribution in [0.3, 0.4) is 0 Å². The molecule has 3 nitrogen and oxygen atoms in total. The number of nitrogens with zero attached hydrogens (tertiary/aromatic N) is 2. The van der Waals surface area contributed by atoms with Gasteiger partial charge in [0.15, 0.2) is 0 Å². The van der Waals surface area contributed by atoms with Gasteiger partial charge in [0.2, 0.25) is 0 Å². The van der Waals surface area contributed by atoms with Gasteiger partial charge in [-0.1, -0.05) is 6.92 Å². The summed E-state index contributed by atoms with van der Waals surface area (Å²) >= 11 is 0. The maximum atomic E-state index is 4.49.